The molecule has 0 aliphatic rings. The summed E-state index contributed by atoms with van der Waals surface area (Å²) in [5.41, 5.74) is 6.59. The molecular weight excluding hydrogens is 275 g/mol. The summed E-state index contributed by atoms with van der Waals surface area (Å²) >= 11 is 0. The minimum absolute atomic E-state index is 0.0111. The lowest BCUT2D eigenvalue weighted by atomic mass is 10.1. The van der Waals surface area contributed by atoms with Gasteiger partial charge in [-0.05, 0) is 29.8 Å². The van der Waals surface area contributed by atoms with E-state index in [-0.39, 0.29) is 30.2 Å². The van der Waals surface area contributed by atoms with Gasteiger partial charge in [0.05, 0.1) is 0 Å². The number of rotatable bonds is 4. The molecule has 21 heavy (non-hydrogen) atoms. The molecular formula is C15H15FN2O3. The summed E-state index contributed by atoms with van der Waals surface area (Å²) < 4.78 is 13.7. The first-order chi connectivity index (χ1) is 10.0. The van der Waals surface area contributed by atoms with E-state index < -0.39 is 11.7 Å². The Bertz CT molecular complexity index is 674. The maximum Gasteiger partial charge on any atom is 0.251 e. The number of nitrogens with two attached hydrogens (primary N) is 1. The number of hydrogen-bond acceptors (Lipinski definition) is 4. The summed E-state index contributed by atoms with van der Waals surface area (Å²) in [7, 11) is 0. The molecule has 5 nitrogen and oxygen atoms in total. The number of hydrogen-bond donors (Lipinski definition) is 4. The molecule has 0 saturated carbocycles. The zero-order valence-electron chi connectivity index (χ0n) is 11.1. The fourth-order valence-electron chi connectivity index (χ4n) is 1.80. The van der Waals surface area contributed by atoms with E-state index in [2.05, 4.69) is 5.32 Å². The minimum atomic E-state index is -0.479. The first-order valence-electron chi connectivity index (χ1n) is 6.29. The van der Waals surface area contributed by atoms with Crippen molar-refractivity contribution in [3.05, 3.63) is 58.9 Å². The molecule has 6 heteroatoms. The average Bonchev–Trinajstić information content (AvgIpc) is 2.48. The predicted octanol–water partition coefficient (Wildman–Crippen LogP) is 1.63. The number of carbonyl (C=O) groups excluding carboxylic acids is 1. The maximum absolute atomic E-state index is 13.7. The number of benzene rings is 2. The summed E-state index contributed by atoms with van der Waals surface area (Å²) in [5.74, 6) is -1.62. The van der Waals surface area contributed by atoms with E-state index in [1.807, 2.05) is 0 Å². The third-order valence-corrected chi connectivity index (χ3v) is 3.03. The number of halogens is 1. The molecule has 0 radical (unpaired) electrons. The molecule has 0 saturated heterocycles. The van der Waals surface area contributed by atoms with Gasteiger partial charge in [-0.2, -0.15) is 0 Å². The van der Waals surface area contributed by atoms with Crippen LogP contribution in [0.25, 0.3) is 0 Å². The van der Waals surface area contributed by atoms with Gasteiger partial charge in [0.25, 0.3) is 5.91 Å². The van der Waals surface area contributed by atoms with Crippen molar-refractivity contribution >= 4 is 5.91 Å². The minimum Gasteiger partial charge on any atom is -0.504 e. The first kappa shape index (κ1) is 14.8. The molecule has 0 bridgehead atoms. The number of phenolic OH excluding ortho intramolecular Hbond substituents is 2. The lowest BCUT2D eigenvalue weighted by Gasteiger charge is -2.08. The van der Waals surface area contributed by atoms with Crippen LogP contribution in [0.3, 0.4) is 0 Å². The molecule has 5 N–H and O–H groups in total. The van der Waals surface area contributed by atoms with Gasteiger partial charge < -0.3 is 21.3 Å². The SMILES string of the molecule is NCc1ccc(CNC(=O)c2ccc(O)c(O)c2)c(F)c1. The van der Waals surface area contributed by atoms with Crippen LogP contribution < -0.4 is 11.1 Å². The zero-order valence-corrected chi connectivity index (χ0v) is 11.1. The standard InChI is InChI=1S/C15H15FN2O3/c16-12-5-9(7-17)1-2-11(12)8-18-15(21)10-3-4-13(19)14(20)6-10/h1-6,19-20H,7-8,17H2,(H,18,21). The molecule has 0 heterocycles. The Kier molecular flexibility index (Phi) is 4.39. The Hall–Kier alpha value is -2.60. The molecule has 0 aliphatic carbocycles. The fourth-order valence-corrected chi connectivity index (χ4v) is 1.80. The second-order valence-corrected chi connectivity index (χ2v) is 4.52. The molecule has 0 aromatic heterocycles. The quantitative estimate of drug-likeness (QED) is 0.643. The van der Waals surface area contributed by atoms with Gasteiger partial charge in [-0.3, -0.25) is 4.79 Å². The average molecular weight is 290 g/mol. The molecule has 2 rings (SSSR count). The van der Waals surface area contributed by atoms with Crippen LogP contribution in [0.15, 0.2) is 36.4 Å². The largest absolute Gasteiger partial charge is 0.504 e. The van der Waals surface area contributed by atoms with Crippen LogP contribution in [-0.4, -0.2) is 16.1 Å². The van der Waals surface area contributed by atoms with Crippen molar-refractivity contribution in [3.8, 4) is 11.5 Å². The van der Waals surface area contributed by atoms with E-state index in [1.165, 1.54) is 18.2 Å². The number of amides is 1. The Morgan fingerprint density at radius 1 is 1.14 bits per heavy atom. The summed E-state index contributed by atoms with van der Waals surface area (Å²) in [6, 6.07) is 8.29. The third kappa shape index (κ3) is 3.49. The van der Waals surface area contributed by atoms with Gasteiger partial charge in [0.2, 0.25) is 0 Å². The fraction of sp³-hybridized carbons (Fsp3) is 0.133. The third-order valence-electron chi connectivity index (χ3n) is 3.03. The van der Waals surface area contributed by atoms with Crippen molar-refractivity contribution in [2.75, 3.05) is 0 Å². The van der Waals surface area contributed by atoms with Gasteiger partial charge in [-0.1, -0.05) is 12.1 Å². The number of aromatic hydroxyl groups is 2. The highest BCUT2D eigenvalue weighted by Crippen LogP contribution is 2.24. The van der Waals surface area contributed by atoms with Crippen LogP contribution in [0.1, 0.15) is 21.5 Å². The molecule has 0 unspecified atom stereocenters. The van der Waals surface area contributed by atoms with Gasteiger partial charge >= 0.3 is 0 Å². The van der Waals surface area contributed by atoms with Gasteiger partial charge in [0.15, 0.2) is 11.5 Å². The van der Waals surface area contributed by atoms with Gasteiger partial charge in [-0.15, -0.1) is 0 Å². The van der Waals surface area contributed by atoms with Crippen molar-refractivity contribution in [2.45, 2.75) is 13.1 Å². The zero-order chi connectivity index (χ0) is 15.4. The maximum atomic E-state index is 13.7. The first-order valence-corrected chi connectivity index (χ1v) is 6.29. The molecule has 110 valence electrons. The number of carbonyl (C=O) groups is 1. The molecule has 0 fully saturated rings. The van der Waals surface area contributed by atoms with Crippen LogP contribution in [0.2, 0.25) is 0 Å². The highest BCUT2D eigenvalue weighted by Gasteiger charge is 2.10. The van der Waals surface area contributed by atoms with Gasteiger partial charge in [-0.25, -0.2) is 4.39 Å². The Morgan fingerprint density at radius 2 is 1.90 bits per heavy atom. The van der Waals surface area contributed by atoms with E-state index in [0.717, 1.165) is 6.07 Å². The topological polar surface area (TPSA) is 95.6 Å². The molecule has 0 atom stereocenters. The Labute approximate surface area is 120 Å². The van der Waals surface area contributed by atoms with Crippen LogP contribution in [0, 0.1) is 5.82 Å². The monoisotopic (exact) mass is 290 g/mol. The summed E-state index contributed by atoms with van der Waals surface area (Å²) in [5, 5.41) is 21.0. The second-order valence-electron chi connectivity index (χ2n) is 4.52. The predicted molar refractivity (Wildman–Crippen MR) is 75.2 cm³/mol. The van der Waals surface area contributed by atoms with E-state index in [9.17, 15) is 19.4 Å². The van der Waals surface area contributed by atoms with Crippen LogP contribution >= 0.6 is 0 Å². The highest BCUT2D eigenvalue weighted by molar-refractivity contribution is 5.94. The lowest BCUT2D eigenvalue weighted by Crippen LogP contribution is -2.23. The molecule has 1 amide bonds. The summed E-state index contributed by atoms with van der Waals surface area (Å²) in [4.78, 5) is 11.9. The smallest absolute Gasteiger partial charge is 0.251 e. The second kappa shape index (κ2) is 6.23. The van der Waals surface area contributed by atoms with Crippen molar-refractivity contribution < 1.29 is 19.4 Å². The van der Waals surface area contributed by atoms with E-state index in [4.69, 9.17) is 5.73 Å². The van der Waals surface area contributed by atoms with Gasteiger partial charge in [0, 0.05) is 24.2 Å². The number of nitrogens with one attached hydrogen (secondary N) is 1. The molecule has 2 aromatic rings. The van der Waals surface area contributed by atoms with Crippen molar-refractivity contribution in [3.63, 3.8) is 0 Å². The summed E-state index contributed by atoms with van der Waals surface area (Å²) in [6.07, 6.45) is 0. The van der Waals surface area contributed by atoms with Crippen molar-refractivity contribution in [2.24, 2.45) is 5.73 Å². The van der Waals surface area contributed by atoms with Crippen molar-refractivity contribution in [1.29, 1.82) is 0 Å². The number of phenols is 2. The van der Waals surface area contributed by atoms with Crippen LogP contribution in [-0.2, 0) is 13.1 Å². The lowest BCUT2D eigenvalue weighted by molar-refractivity contribution is 0.0950. The Balaban J connectivity index is 2.05. The van der Waals surface area contributed by atoms with Crippen LogP contribution in [0.4, 0.5) is 4.39 Å². The van der Waals surface area contributed by atoms with Crippen LogP contribution in [0.5, 0.6) is 11.5 Å². The van der Waals surface area contributed by atoms with Gasteiger partial charge in [0.1, 0.15) is 5.82 Å². The molecule has 0 spiro atoms. The van der Waals surface area contributed by atoms with E-state index in [0.29, 0.717) is 11.1 Å². The Morgan fingerprint density at radius 3 is 2.52 bits per heavy atom. The highest BCUT2D eigenvalue weighted by atomic mass is 19.1. The molecule has 0 aliphatic heterocycles. The summed E-state index contributed by atoms with van der Waals surface area (Å²) in [6.45, 7) is 0.257. The normalized spacial score (nSPS) is 10.4. The molecule has 2 aromatic carbocycles. The van der Waals surface area contributed by atoms with Crippen molar-refractivity contribution in [1.82, 2.24) is 5.32 Å². The van der Waals surface area contributed by atoms with E-state index in [1.54, 1.807) is 12.1 Å². The van der Waals surface area contributed by atoms with E-state index >= 15 is 0 Å².